The molecule has 1 aliphatic carbocycles. The Morgan fingerprint density at radius 3 is 2.61 bits per heavy atom. The first-order chi connectivity index (χ1) is 13.6. The lowest BCUT2D eigenvalue weighted by Gasteiger charge is -2.11. The normalized spacial score (nSPS) is 14.2. The highest BCUT2D eigenvalue weighted by atomic mass is 19.1. The van der Waals surface area contributed by atoms with Crippen LogP contribution in [0, 0.1) is 5.82 Å². The number of amides is 2. The molecule has 2 amide bonds. The Bertz CT molecular complexity index is 785. The standard InChI is InChI=1S/C20H25FN4O3/c21-15-10-8-14(9-11-15)20-24-19(28-25-20)7-3-6-17(26)22-13-12-18(27)23-16-4-1-2-5-16/h8-11,16H,1-7,12-13H2,(H,22,26)(H,23,27). The van der Waals surface area contributed by atoms with Crippen molar-refractivity contribution >= 4 is 11.8 Å². The summed E-state index contributed by atoms with van der Waals surface area (Å²) < 4.78 is 18.1. The summed E-state index contributed by atoms with van der Waals surface area (Å²) in [7, 11) is 0. The minimum absolute atomic E-state index is 0.00798. The number of carbonyl (C=O) groups is 2. The first kappa shape index (κ1) is 20.0. The van der Waals surface area contributed by atoms with Crippen molar-refractivity contribution in [1.82, 2.24) is 20.8 Å². The molecule has 1 aromatic heterocycles. The molecule has 2 N–H and O–H groups in total. The van der Waals surface area contributed by atoms with E-state index in [2.05, 4.69) is 20.8 Å². The van der Waals surface area contributed by atoms with Gasteiger partial charge in [0.2, 0.25) is 23.5 Å². The third kappa shape index (κ3) is 6.14. The Balaban J connectivity index is 1.31. The van der Waals surface area contributed by atoms with E-state index in [4.69, 9.17) is 4.52 Å². The van der Waals surface area contributed by atoms with Gasteiger partial charge in [0.25, 0.3) is 0 Å². The van der Waals surface area contributed by atoms with E-state index < -0.39 is 0 Å². The lowest BCUT2D eigenvalue weighted by atomic mass is 10.2. The number of hydrogen-bond acceptors (Lipinski definition) is 5. The van der Waals surface area contributed by atoms with Crippen molar-refractivity contribution in [3.8, 4) is 11.4 Å². The molecule has 8 heteroatoms. The minimum atomic E-state index is -0.325. The number of aryl methyl sites for hydroxylation is 1. The lowest BCUT2D eigenvalue weighted by Crippen LogP contribution is -2.35. The van der Waals surface area contributed by atoms with E-state index in [9.17, 15) is 14.0 Å². The number of halogens is 1. The van der Waals surface area contributed by atoms with E-state index >= 15 is 0 Å². The van der Waals surface area contributed by atoms with Crippen LogP contribution in [0.1, 0.15) is 50.8 Å². The maximum Gasteiger partial charge on any atom is 0.226 e. The average Bonchev–Trinajstić information content (AvgIpc) is 3.34. The number of rotatable bonds is 9. The molecule has 0 bridgehead atoms. The smallest absolute Gasteiger partial charge is 0.226 e. The summed E-state index contributed by atoms with van der Waals surface area (Å²) in [5.74, 6) is 0.392. The second kappa shape index (κ2) is 9.96. The van der Waals surface area contributed by atoms with Crippen LogP contribution in [0.2, 0.25) is 0 Å². The molecule has 1 heterocycles. The molecule has 7 nitrogen and oxygen atoms in total. The van der Waals surface area contributed by atoms with Gasteiger partial charge in [0.05, 0.1) is 0 Å². The molecular formula is C20H25FN4O3. The van der Waals surface area contributed by atoms with Gasteiger partial charge in [-0.2, -0.15) is 4.98 Å². The van der Waals surface area contributed by atoms with Crippen molar-refractivity contribution in [3.63, 3.8) is 0 Å². The van der Waals surface area contributed by atoms with E-state index in [0.717, 1.165) is 12.8 Å². The van der Waals surface area contributed by atoms with E-state index in [-0.39, 0.29) is 17.6 Å². The van der Waals surface area contributed by atoms with Crippen molar-refractivity contribution in [2.45, 2.75) is 57.4 Å². The molecule has 0 radical (unpaired) electrons. The van der Waals surface area contributed by atoms with Gasteiger partial charge in [-0.3, -0.25) is 9.59 Å². The van der Waals surface area contributed by atoms with Crippen LogP contribution in [0.4, 0.5) is 4.39 Å². The fourth-order valence-corrected chi connectivity index (χ4v) is 3.25. The van der Waals surface area contributed by atoms with Gasteiger partial charge < -0.3 is 15.2 Å². The molecule has 1 aromatic carbocycles. The van der Waals surface area contributed by atoms with Crippen LogP contribution in [0.5, 0.6) is 0 Å². The minimum Gasteiger partial charge on any atom is -0.356 e. The fraction of sp³-hybridized carbons (Fsp3) is 0.500. The zero-order valence-corrected chi connectivity index (χ0v) is 15.7. The molecule has 1 fully saturated rings. The molecule has 1 aliphatic rings. The summed E-state index contributed by atoms with van der Waals surface area (Å²) in [6.07, 6.45) is 6.11. The quantitative estimate of drug-likeness (QED) is 0.688. The molecule has 1 saturated carbocycles. The number of aromatic nitrogens is 2. The van der Waals surface area contributed by atoms with E-state index in [0.29, 0.717) is 55.5 Å². The molecular weight excluding hydrogens is 363 g/mol. The van der Waals surface area contributed by atoms with Crippen LogP contribution < -0.4 is 10.6 Å². The predicted molar refractivity (Wildman–Crippen MR) is 101 cm³/mol. The van der Waals surface area contributed by atoms with Gasteiger partial charge in [-0.25, -0.2) is 4.39 Å². The van der Waals surface area contributed by atoms with Gasteiger partial charge in [0.15, 0.2) is 0 Å². The van der Waals surface area contributed by atoms with Gasteiger partial charge in [0, 0.05) is 37.4 Å². The highest BCUT2D eigenvalue weighted by Crippen LogP contribution is 2.18. The summed E-state index contributed by atoms with van der Waals surface area (Å²) in [5, 5.41) is 9.63. The zero-order valence-electron chi connectivity index (χ0n) is 15.7. The maximum atomic E-state index is 12.9. The summed E-state index contributed by atoms with van der Waals surface area (Å²) in [5.41, 5.74) is 0.671. The number of nitrogens with zero attached hydrogens (tertiary/aromatic N) is 2. The molecule has 3 rings (SSSR count). The largest absolute Gasteiger partial charge is 0.356 e. The van der Waals surface area contributed by atoms with E-state index in [1.54, 1.807) is 12.1 Å². The molecule has 0 spiro atoms. The average molecular weight is 388 g/mol. The number of nitrogens with one attached hydrogen (secondary N) is 2. The summed E-state index contributed by atoms with van der Waals surface area (Å²) in [6.45, 7) is 0.340. The zero-order chi connectivity index (χ0) is 19.8. The van der Waals surface area contributed by atoms with Crippen molar-refractivity contribution in [1.29, 1.82) is 0 Å². The summed E-state index contributed by atoms with van der Waals surface area (Å²) in [6, 6.07) is 6.14. The van der Waals surface area contributed by atoms with Gasteiger partial charge in [-0.1, -0.05) is 18.0 Å². The monoisotopic (exact) mass is 388 g/mol. The number of benzene rings is 1. The third-order valence-electron chi connectivity index (χ3n) is 4.76. The first-order valence-corrected chi connectivity index (χ1v) is 9.75. The fourth-order valence-electron chi connectivity index (χ4n) is 3.25. The van der Waals surface area contributed by atoms with Crippen LogP contribution in [0.25, 0.3) is 11.4 Å². The van der Waals surface area contributed by atoms with Crippen LogP contribution >= 0.6 is 0 Å². The molecule has 0 aliphatic heterocycles. The molecule has 0 saturated heterocycles. The van der Waals surface area contributed by atoms with Gasteiger partial charge in [-0.05, 0) is 43.5 Å². The Morgan fingerprint density at radius 1 is 1.11 bits per heavy atom. The molecule has 0 atom stereocenters. The summed E-state index contributed by atoms with van der Waals surface area (Å²) in [4.78, 5) is 27.9. The van der Waals surface area contributed by atoms with Crippen molar-refractivity contribution < 1.29 is 18.5 Å². The third-order valence-corrected chi connectivity index (χ3v) is 4.76. The highest BCUT2D eigenvalue weighted by molar-refractivity contribution is 5.79. The highest BCUT2D eigenvalue weighted by Gasteiger charge is 2.17. The van der Waals surface area contributed by atoms with Crippen LogP contribution in [0.3, 0.4) is 0 Å². The Hall–Kier alpha value is -2.77. The van der Waals surface area contributed by atoms with Crippen LogP contribution in [-0.2, 0) is 16.0 Å². The Labute approximate surface area is 163 Å². The molecule has 0 unspecified atom stereocenters. The van der Waals surface area contributed by atoms with Crippen molar-refractivity contribution in [2.75, 3.05) is 6.54 Å². The maximum absolute atomic E-state index is 12.9. The van der Waals surface area contributed by atoms with Gasteiger partial charge in [0.1, 0.15) is 5.82 Å². The Morgan fingerprint density at radius 2 is 1.86 bits per heavy atom. The van der Waals surface area contributed by atoms with Crippen molar-refractivity contribution in [2.24, 2.45) is 0 Å². The Kier molecular flexibility index (Phi) is 7.11. The molecule has 28 heavy (non-hydrogen) atoms. The number of hydrogen-bond donors (Lipinski definition) is 2. The predicted octanol–water partition coefficient (Wildman–Crippen LogP) is 2.76. The van der Waals surface area contributed by atoms with E-state index in [1.165, 1.54) is 25.0 Å². The number of carbonyl (C=O) groups excluding carboxylic acids is 2. The van der Waals surface area contributed by atoms with Crippen LogP contribution in [0.15, 0.2) is 28.8 Å². The summed E-state index contributed by atoms with van der Waals surface area (Å²) >= 11 is 0. The molecule has 150 valence electrons. The topological polar surface area (TPSA) is 97.1 Å². The first-order valence-electron chi connectivity index (χ1n) is 9.75. The molecule has 2 aromatic rings. The van der Waals surface area contributed by atoms with Gasteiger partial charge in [-0.15, -0.1) is 0 Å². The van der Waals surface area contributed by atoms with Crippen molar-refractivity contribution in [3.05, 3.63) is 36.0 Å². The van der Waals surface area contributed by atoms with Gasteiger partial charge >= 0.3 is 0 Å². The SMILES string of the molecule is O=C(CCCc1nc(-c2ccc(F)cc2)no1)NCCC(=O)NC1CCCC1. The second-order valence-electron chi connectivity index (χ2n) is 7.02. The lowest BCUT2D eigenvalue weighted by molar-refractivity contribution is -0.122. The van der Waals surface area contributed by atoms with E-state index in [1.807, 2.05) is 0 Å². The van der Waals surface area contributed by atoms with Crippen LogP contribution in [-0.4, -0.2) is 34.5 Å². The second-order valence-corrected chi connectivity index (χ2v) is 7.02.